The number of nitrogens with one attached hydrogen (secondary N) is 2. The molecule has 2 N–H and O–H groups in total. The van der Waals surface area contributed by atoms with E-state index in [0.29, 0.717) is 6.54 Å². The zero-order valence-corrected chi connectivity index (χ0v) is 14.2. The number of anilines is 1. The van der Waals surface area contributed by atoms with Gasteiger partial charge in [0.25, 0.3) is 0 Å². The van der Waals surface area contributed by atoms with Gasteiger partial charge in [-0.2, -0.15) is 0 Å². The van der Waals surface area contributed by atoms with Crippen LogP contribution in [-0.2, 0) is 9.59 Å². The van der Waals surface area contributed by atoms with Gasteiger partial charge in [0, 0.05) is 38.5 Å². The van der Waals surface area contributed by atoms with E-state index >= 15 is 0 Å². The molecule has 1 fully saturated rings. The van der Waals surface area contributed by atoms with E-state index in [1.807, 2.05) is 31.2 Å². The lowest BCUT2D eigenvalue weighted by molar-refractivity contribution is -0.126. The molecule has 23 heavy (non-hydrogen) atoms. The number of amides is 2. The van der Waals surface area contributed by atoms with Gasteiger partial charge in [0.2, 0.25) is 11.8 Å². The second-order valence-corrected chi connectivity index (χ2v) is 6.16. The van der Waals surface area contributed by atoms with Gasteiger partial charge in [-0.1, -0.05) is 23.7 Å². The van der Waals surface area contributed by atoms with E-state index in [9.17, 15) is 9.59 Å². The number of piperidine rings is 1. The first kappa shape index (κ1) is 17.6. The molecule has 1 aliphatic rings. The molecule has 0 aliphatic carbocycles. The van der Waals surface area contributed by atoms with Crippen molar-refractivity contribution in [1.29, 1.82) is 0 Å². The number of hydrogen-bond donors (Lipinski definition) is 2. The van der Waals surface area contributed by atoms with Crippen LogP contribution in [0.1, 0.15) is 32.6 Å². The Morgan fingerprint density at radius 2 is 2.00 bits per heavy atom. The predicted molar refractivity (Wildman–Crippen MR) is 92.7 cm³/mol. The zero-order valence-electron chi connectivity index (χ0n) is 13.5. The van der Waals surface area contributed by atoms with Gasteiger partial charge in [0.05, 0.1) is 10.7 Å². The highest BCUT2D eigenvalue weighted by Gasteiger charge is 2.22. The molecule has 0 aromatic heterocycles. The van der Waals surface area contributed by atoms with E-state index in [2.05, 4.69) is 15.5 Å². The van der Waals surface area contributed by atoms with Crippen LogP contribution in [0.5, 0.6) is 0 Å². The number of rotatable bonds is 6. The Kier molecular flexibility index (Phi) is 6.71. The van der Waals surface area contributed by atoms with Crippen molar-refractivity contribution in [2.24, 2.45) is 0 Å². The number of benzene rings is 1. The normalized spacial score (nSPS) is 17.7. The van der Waals surface area contributed by atoms with Crippen LogP contribution in [0.2, 0.25) is 5.02 Å². The summed E-state index contributed by atoms with van der Waals surface area (Å²) in [6.45, 7) is 4.14. The molecule has 1 aliphatic heterocycles. The molecule has 0 spiro atoms. The lowest BCUT2D eigenvalue weighted by Gasteiger charge is -2.35. The van der Waals surface area contributed by atoms with Crippen LogP contribution in [0.25, 0.3) is 0 Å². The molecule has 0 radical (unpaired) electrons. The SMILES string of the molecule is CCNC(=O)CCC(=O)N[C@H]1CCCN(c2ccccc2Cl)C1. The van der Waals surface area contributed by atoms with Gasteiger partial charge in [-0.05, 0) is 31.9 Å². The second kappa shape index (κ2) is 8.77. The minimum Gasteiger partial charge on any atom is -0.368 e. The first-order valence-electron chi connectivity index (χ1n) is 8.15. The van der Waals surface area contributed by atoms with Crippen LogP contribution in [-0.4, -0.2) is 37.5 Å². The van der Waals surface area contributed by atoms with Crippen molar-refractivity contribution in [3.8, 4) is 0 Å². The largest absolute Gasteiger partial charge is 0.368 e. The second-order valence-electron chi connectivity index (χ2n) is 5.76. The number of halogens is 1. The number of nitrogens with zero attached hydrogens (tertiary/aromatic N) is 1. The van der Waals surface area contributed by atoms with Crippen molar-refractivity contribution in [1.82, 2.24) is 10.6 Å². The monoisotopic (exact) mass is 337 g/mol. The maximum absolute atomic E-state index is 12.0. The summed E-state index contributed by atoms with van der Waals surface area (Å²) < 4.78 is 0. The number of carbonyl (C=O) groups is 2. The summed E-state index contributed by atoms with van der Waals surface area (Å²) in [5.41, 5.74) is 1.01. The average Bonchev–Trinajstić information content (AvgIpc) is 2.54. The van der Waals surface area contributed by atoms with Gasteiger partial charge < -0.3 is 15.5 Å². The Morgan fingerprint density at radius 1 is 1.26 bits per heavy atom. The van der Waals surface area contributed by atoms with Crippen LogP contribution in [0.15, 0.2) is 24.3 Å². The molecule has 2 amide bonds. The lowest BCUT2D eigenvalue weighted by atomic mass is 10.0. The van der Waals surface area contributed by atoms with Gasteiger partial charge in [-0.15, -0.1) is 0 Å². The van der Waals surface area contributed by atoms with Crippen molar-refractivity contribution in [3.05, 3.63) is 29.3 Å². The predicted octanol–water partition coefficient (Wildman–Crippen LogP) is 2.34. The third-order valence-corrected chi connectivity index (χ3v) is 4.25. The fourth-order valence-corrected chi connectivity index (χ4v) is 3.09. The number of para-hydroxylation sites is 1. The average molecular weight is 338 g/mol. The molecule has 1 saturated heterocycles. The van der Waals surface area contributed by atoms with E-state index in [4.69, 9.17) is 11.6 Å². The minimum absolute atomic E-state index is 0.0674. The summed E-state index contributed by atoms with van der Waals surface area (Å²) >= 11 is 6.25. The van der Waals surface area contributed by atoms with Crippen LogP contribution in [0.4, 0.5) is 5.69 Å². The van der Waals surface area contributed by atoms with E-state index in [-0.39, 0.29) is 30.7 Å². The maximum Gasteiger partial charge on any atom is 0.220 e. The van der Waals surface area contributed by atoms with Gasteiger partial charge >= 0.3 is 0 Å². The Hall–Kier alpha value is -1.75. The summed E-state index contributed by atoms with van der Waals surface area (Å²) in [4.78, 5) is 25.6. The van der Waals surface area contributed by atoms with Crippen LogP contribution < -0.4 is 15.5 Å². The molecule has 2 rings (SSSR count). The highest BCUT2D eigenvalue weighted by atomic mass is 35.5. The van der Waals surface area contributed by atoms with E-state index in [0.717, 1.165) is 36.6 Å². The van der Waals surface area contributed by atoms with Crippen molar-refractivity contribution < 1.29 is 9.59 Å². The van der Waals surface area contributed by atoms with Gasteiger partial charge in [0.15, 0.2) is 0 Å². The fourth-order valence-electron chi connectivity index (χ4n) is 2.83. The molecule has 1 heterocycles. The van der Waals surface area contributed by atoms with Crippen molar-refractivity contribution >= 4 is 29.1 Å². The summed E-state index contributed by atoms with van der Waals surface area (Å²) in [5, 5.41) is 6.46. The van der Waals surface area contributed by atoms with Gasteiger partial charge in [-0.3, -0.25) is 9.59 Å². The minimum atomic E-state index is -0.0796. The quantitative estimate of drug-likeness (QED) is 0.837. The summed E-state index contributed by atoms with van der Waals surface area (Å²) in [7, 11) is 0. The highest BCUT2D eigenvalue weighted by molar-refractivity contribution is 6.33. The van der Waals surface area contributed by atoms with Crippen molar-refractivity contribution in [3.63, 3.8) is 0 Å². The lowest BCUT2D eigenvalue weighted by Crippen LogP contribution is -2.48. The van der Waals surface area contributed by atoms with E-state index in [1.54, 1.807) is 0 Å². The molecule has 126 valence electrons. The molecule has 5 nitrogen and oxygen atoms in total. The van der Waals surface area contributed by atoms with E-state index < -0.39 is 0 Å². The van der Waals surface area contributed by atoms with Crippen LogP contribution in [0, 0.1) is 0 Å². The maximum atomic E-state index is 12.0. The molecule has 0 bridgehead atoms. The molecular formula is C17H24ClN3O2. The van der Waals surface area contributed by atoms with Gasteiger partial charge in [0.1, 0.15) is 0 Å². The molecule has 1 atom stereocenters. The van der Waals surface area contributed by atoms with Crippen molar-refractivity contribution in [2.45, 2.75) is 38.6 Å². The Labute approximate surface area is 142 Å². The topological polar surface area (TPSA) is 61.4 Å². The third-order valence-electron chi connectivity index (χ3n) is 3.93. The fraction of sp³-hybridized carbons (Fsp3) is 0.529. The molecular weight excluding hydrogens is 314 g/mol. The molecule has 1 aromatic rings. The summed E-state index contributed by atoms with van der Waals surface area (Å²) in [6, 6.07) is 7.86. The first-order valence-corrected chi connectivity index (χ1v) is 8.53. The smallest absolute Gasteiger partial charge is 0.220 e. The highest BCUT2D eigenvalue weighted by Crippen LogP contribution is 2.27. The van der Waals surface area contributed by atoms with E-state index in [1.165, 1.54) is 0 Å². The van der Waals surface area contributed by atoms with Crippen LogP contribution in [0.3, 0.4) is 0 Å². The summed E-state index contributed by atoms with van der Waals surface area (Å²) in [6.07, 6.45) is 2.43. The Balaban J connectivity index is 1.83. The number of hydrogen-bond acceptors (Lipinski definition) is 3. The van der Waals surface area contributed by atoms with Gasteiger partial charge in [-0.25, -0.2) is 0 Å². The summed E-state index contributed by atoms with van der Waals surface area (Å²) in [5.74, 6) is -0.147. The number of carbonyl (C=O) groups excluding carboxylic acids is 2. The Morgan fingerprint density at radius 3 is 2.74 bits per heavy atom. The Bertz CT molecular complexity index is 550. The third kappa shape index (κ3) is 5.43. The molecule has 0 unspecified atom stereocenters. The van der Waals surface area contributed by atoms with Crippen LogP contribution >= 0.6 is 11.6 Å². The molecule has 6 heteroatoms. The first-order chi connectivity index (χ1) is 11.1. The van der Waals surface area contributed by atoms with Crippen molar-refractivity contribution in [2.75, 3.05) is 24.5 Å². The standard InChI is InChI=1S/C17H24ClN3O2/c1-2-19-16(22)9-10-17(23)20-13-6-5-11-21(12-13)15-8-4-3-7-14(15)18/h3-4,7-8,13H,2,5-6,9-12H2,1H3,(H,19,22)(H,20,23)/t13-/m0/s1. The zero-order chi connectivity index (χ0) is 16.7. The molecule has 0 saturated carbocycles. The molecule has 1 aromatic carbocycles.